The summed E-state index contributed by atoms with van der Waals surface area (Å²) < 4.78 is 3.25. The topological polar surface area (TPSA) is 30.2 Å². The first-order chi connectivity index (χ1) is 13.8. The van der Waals surface area contributed by atoms with Crippen LogP contribution in [0.4, 0.5) is 0 Å². The molecule has 0 unspecified atom stereocenters. The number of hydrogen-bond donors (Lipinski definition) is 0. The smallest absolute Gasteiger partial charge is 0.169 e. The van der Waals surface area contributed by atoms with Crippen LogP contribution < -0.4 is 0 Å². The zero-order valence-corrected chi connectivity index (χ0v) is 16.4. The molecule has 0 atom stereocenters. The first-order valence-electron chi connectivity index (χ1n) is 9.14. The Morgan fingerprint density at radius 2 is 1.39 bits per heavy atom. The summed E-state index contributed by atoms with van der Waals surface area (Å²) in [5.41, 5.74) is 3.07. The summed E-state index contributed by atoms with van der Waals surface area (Å²) >= 11 is 3.63. The number of rotatable bonds is 1. The van der Waals surface area contributed by atoms with Crippen LogP contribution >= 0.6 is 15.9 Å². The van der Waals surface area contributed by atoms with Crippen LogP contribution in [0.5, 0.6) is 0 Å². The van der Waals surface area contributed by atoms with Crippen molar-refractivity contribution in [1.82, 2.24) is 14.6 Å². The number of pyridine rings is 1. The van der Waals surface area contributed by atoms with E-state index in [2.05, 4.69) is 115 Å². The van der Waals surface area contributed by atoms with Gasteiger partial charge in [-0.3, -0.25) is 4.40 Å². The number of halogens is 1. The molecular weight excluding hydrogens is 410 g/mol. The first-order valence-corrected chi connectivity index (χ1v) is 9.94. The molecule has 4 heteroatoms. The van der Waals surface area contributed by atoms with Crippen molar-refractivity contribution in [1.29, 1.82) is 0 Å². The molecule has 0 aliphatic carbocycles. The lowest BCUT2D eigenvalue weighted by atomic mass is 10.0. The molecule has 0 N–H and O–H groups in total. The molecule has 0 amide bonds. The van der Waals surface area contributed by atoms with E-state index in [4.69, 9.17) is 0 Å². The molecule has 4 aromatic carbocycles. The normalized spacial score (nSPS) is 11.8. The maximum absolute atomic E-state index is 4.64. The number of aromatic nitrogens is 3. The Balaban J connectivity index is 1.85. The van der Waals surface area contributed by atoms with Gasteiger partial charge in [-0.25, -0.2) is 0 Å². The van der Waals surface area contributed by atoms with E-state index in [1.54, 1.807) is 0 Å². The molecular formula is C24H14BrN3. The maximum atomic E-state index is 4.64. The van der Waals surface area contributed by atoms with E-state index in [1.807, 2.05) is 0 Å². The lowest BCUT2D eigenvalue weighted by Crippen LogP contribution is -1.95. The largest absolute Gasteiger partial charge is 0.274 e. The second-order valence-corrected chi connectivity index (χ2v) is 7.83. The SMILES string of the molecule is Brc1ccc2c(c1)c1ccccc1c1nnc(-c3cccc4ccccc34)n21. The van der Waals surface area contributed by atoms with Crippen LogP contribution in [0, 0.1) is 0 Å². The molecule has 132 valence electrons. The van der Waals surface area contributed by atoms with Crippen molar-refractivity contribution in [2.75, 3.05) is 0 Å². The molecule has 0 spiro atoms. The highest BCUT2D eigenvalue weighted by atomic mass is 79.9. The Bertz CT molecular complexity index is 1530. The Hall–Kier alpha value is -3.24. The third kappa shape index (κ3) is 2.15. The number of nitrogens with zero attached hydrogens (tertiary/aromatic N) is 3. The van der Waals surface area contributed by atoms with Crippen molar-refractivity contribution in [2.24, 2.45) is 0 Å². The van der Waals surface area contributed by atoms with Gasteiger partial charge in [-0.1, -0.05) is 82.7 Å². The third-order valence-electron chi connectivity index (χ3n) is 5.35. The lowest BCUT2D eigenvalue weighted by molar-refractivity contribution is 1.12. The van der Waals surface area contributed by atoms with Gasteiger partial charge in [-0.2, -0.15) is 0 Å². The molecule has 0 fully saturated rings. The molecule has 0 aliphatic heterocycles. The quantitative estimate of drug-likeness (QED) is 0.278. The van der Waals surface area contributed by atoms with Crippen molar-refractivity contribution in [3.63, 3.8) is 0 Å². The van der Waals surface area contributed by atoms with Gasteiger partial charge in [0.1, 0.15) is 0 Å². The molecule has 0 radical (unpaired) electrons. The standard InChI is InChI=1S/C24H14BrN3/c25-16-12-13-22-21(14-16)18-9-3-4-10-20(18)24-27-26-23(28(22)24)19-11-5-7-15-6-1-2-8-17(15)19/h1-14H. The van der Waals surface area contributed by atoms with Crippen LogP contribution in [0.1, 0.15) is 0 Å². The van der Waals surface area contributed by atoms with E-state index >= 15 is 0 Å². The fraction of sp³-hybridized carbons (Fsp3) is 0. The molecule has 6 rings (SSSR count). The molecule has 0 aliphatic rings. The minimum absolute atomic E-state index is 0.866. The predicted octanol–water partition coefficient (Wildman–Crippen LogP) is 6.62. The predicted molar refractivity (Wildman–Crippen MR) is 119 cm³/mol. The van der Waals surface area contributed by atoms with Crippen LogP contribution in [-0.4, -0.2) is 14.6 Å². The van der Waals surface area contributed by atoms with Crippen LogP contribution in [0.3, 0.4) is 0 Å². The zero-order chi connectivity index (χ0) is 18.7. The summed E-state index contributed by atoms with van der Waals surface area (Å²) in [5.74, 6) is 0.866. The molecule has 28 heavy (non-hydrogen) atoms. The van der Waals surface area contributed by atoms with E-state index in [9.17, 15) is 0 Å². The lowest BCUT2D eigenvalue weighted by Gasteiger charge is -2.11. The molecule has 6 aromatic rings. The highest BCUT2D eigenvalue weighted by Crippen LogP contribution is 2.35. The van der Waals surface area contributed by atoms with Gasteiger partial charge in [0.15, 0.2) is 11.5 Å². The number of benzene rings is 4. The van der Waals surface area contributed by atoms with E-state index < -0.39 is 0 Å². The average molecular weight is 424 g/mol. The monoisotopic (exact) mass is 423 g/mol. The minimum Gasteiger partial charge on any atom is -0.274 e. The Morgan fingerprint density at radius 3 is 2.29 bits per heavy atom. The van der Waals surface area contributed by atoms with Gasteiger partial charge in [0.25, 0.3) is 0 Å². The van der Waals surface area contributed by atoms with Crippen LogP contribution in [0.15, 0.2) is 89.4 Å². The number of fused-ring (bicyclic) bond motifs is 7. The first kappa shape index (κ1) is 15.8. The average Bonchev–Trinajstić information content (AvgIpc) is 3.19. The molecule has 0 bridgehead atoms. The second-order valence-electron chi connectivity index (χ2n) is 6.92. The van der Waals surface area contributed by atoms with Crippen LogP contribution in [0.25, 0.3) is 49.5 Å². The highest BCUT2D eigenvalue weighted by Gasteiger charge is 2.17. The summed E-state index contributed by atoms with van der Waals surface area (Å²) in [7, 11) is 0. The Kier molecular flexibility index (Phi) is 3.31. The van der Waals surface area contributed by atoms with Gasteiger partial charge < -0.3 is 0 Å². The fourth-order valence-corrected chi connectivity index (χ4v) is 4.47. The number of hydrogen-bond acceptors (Lipinski definition) is 2. The second kappa shape index (κ2) is 5.88. The fourth-order valence-electron chi connectivity index (χ4n) is 4.11. The Morgan fingerprint density at radius 1 is 0.643 bits per heavy atom. The van der Waals surface area contributed by atoms with E-state index in [1.165, 1.54) is 21.5 Å². The Labute approximate surface area is 169 Å². The van der Waals surface area contributed by atoms with Gasteiger partial charge in [-0.15, -0.1) is 10.2 Å². The molecule has 0 saturated heterocycles. The maximum Gasteiger partial charge on any atom is 0.169 e. The third-order valence-corrected chi connectivity index (χ3v) is 5.84. The summed E-state index contributed by atoms with van der Waals surface area (Å²) in [5, 5.41) is 15.1. The summed E-state index contributed by atoms with van der Waals surface area (Å²) in [6.45, 7) is 0. The minimum atomic E-state index is 0.866. The van der Waals surface area contributed by atoms with Gasteiger partial charge in [0.05, 0.1) is 5.52 Å². The van der Waals surface area contributed by atoms with Gasteiger partial charge in [0, 0.05) is 20.8 Å². The van der Waals surface area contributed by atoms with Crippen molar-refractivity contribution in [3.8, 4) is 11.4 Å². The molecule has 2 aromatic heterocycles. The summed E-state index contributed by atoms with van der Waals surface area (Å²) in [6.07, 6.45) is 0. The van der Waals surface area contributed by atoms with Gasteiger partial charge >= 0.3 is 0 Å². The van der Waals surface area contributed by atoms with Gasteiger partial charge in [0.2, 0.25) is 0 Å². The van der Waals surface area contributed by atoms with Crippen molar-refractivity contribution < 1.29 is 0 Å². The zero-order valence-electron chi connectivity index (χ0n) is 14.8. The van der Waals surface area contributed by atoms with Crippen molar-refractivity contribution >= 4 is 54.0 Å². The highest BCUT2D eigenvalue weighted by molar-refractivity contribution is 9.10. The van der Waals surface area contributed by atoms with Crippen molar-refractivity contribution in [3.05, 3.63) is 89.4 Å². The van der Waals surface area contributed by atoms with E-state index in [0.29, 0.717) is 0 Å². The molecule has 2 heterocycles. The van der Waals surface area contributed by atoms with E-state index in [0.717, 1.165) is 32.4 Å². The molecule has 0 saturated carbocycles. The summed E-state index contributed by atoms with van der Waals surface area (Å²) in [6, 6.07) is 29.5. The van der Waals surface area contributed by atoms with Crippen LogP contribution in [-0.2, 0) is 0 Å². The van der Waals surface area contributed by atoms with Crippen LogP contribution in [0.2, 0.25) is 0 Å². The molecule has 3 nitrogen and oxygen atoms in total. The summed E-state index contributed by atoms with van der Waals surface area (Å²) in [4.78, 5) is 0. The van der Waals surface area contributed by atoms with Gasteiger partial charge in [-0.05, 0) is 34.4 Å². The van der Waals surface area contributed by atoms with E-state index in [-0.39, 0.29) is 0 Å². The van der Waals surface area contributed by atoms with Crippen molar-refractivity contribution in [2.45, 2.75) is 0 Å².